The van der Waals surface area contributed by atoms with Crippen LogP contribution < -0.4 is 29.9 Å². The van der Waals surface area contributed by atoms with Gasteiger partial charge in [-0.15, -0.1) is 11.3 Å². The Kier molecular flexibility index (Phi) is 22.5. The van der Waals surface area contributed by atoms with E-state index >= 15 is 0 Å². The number of fused-ring (bicyclic) bond motifs is 3. The molecule has 4 fully saturated rings. The van der Waals surface area contributed by atoms with Crippen molar-refractivity contribution in [1.29, 1.82) is 0 Å². The summed E-state index contributed by atoms with van der Waals surface area (Å²) in [5.74, 6) is 1.84. The van der Waals surface area contributed by atoms with Gasteiger partial charge in [0.25, 0.3) is 0 Å². The lowest BCUT2D eigenvalue weighted by Gasteiger charge is -2.38. The topological polar surface area (TPSA) is 206 Å². The van der Waals surface area contributed by atoms with E-state index in [9.17, 15) is 19.5 Å². The Morgan fingerprint density at radius 1 is 0.744 bits per heavy atom. The molecule has 0 unspecified atom stereocenters. The van der Waals surface area contributed by atoms with Crippen LogP contribution >= 0.6 is 11.3 Å². The van der Waals surface area contributed by atoms with E-state index in [-0.39, 0.29) is 53.7 Å². The van der Waals surface area contributed by atoms with Crippen molar-refractivity contribution in [3.63, 3.8) is 0 Å². The number of anilines is 2. The molecule has 4 atom stereocenters. The third kappa shape index (κ3) is 16.0. The monoisotopic (exact) mass is 1250 g/mol. The van der Waals surface area contributed by atoms with Gasteiger partial charge in [0.2, 0.25) is 17.7 Å². The fourth-order valence-corrected chi connectivity index (χ4v) is 14.5. The molecule has 20 nitrogen and oxygen atoms in total. The fraction of sp³-hybridized carbons (Fsp3) is 0.536. The third-order valence-corrected chi connectivity index (χ3v) is 19.4. The Balaban J connectivity index is 0.567. The Morgan fingerprint density at radius 2 is 1.46 bits per heavy atom. The van der Waals surface area contributed by atoms with Gasteiger partial charge in [-0.05, 0) is 107 Å². The van der Waals surface area contributed by atoms with Crippen LogP contribution in [0.25, 0.3) is 32.8 Å². The zero-order valence-electron chi connectivity index (χ0n) is 52.7. The predicted octanol–water partition coefficient (Wildman–Crippen LogP) is 8.72. The summed E-state index contributed by atoms with van der Waals surface area (Å²) in [5.41, 5.74) is 4.87. The molecule has 3 saturated heterocycles. The number of aromatic hydroxyl groups is 1. The van der Waals surface area contributed by atoms with Crippen molar-refractivity contribution < 1.29 is 47.9 Å². The van der Waals surface area contributed by atoms with Crippen LogP contribution in [-0.2, 0) is 46.3 Å². The predicted molar refractivity (Wildman–Crippen MR) is 351 cm³/mol. The number of amides is 3. The number of piperazine rings is 1. The third-order valence-electron chi connectivity index (χ3n) is 18.4. The van der Waals surface area contributed by atoms with Gasteiger partial charge < -0.3 is 63.8 Å². The summed E-state index contributed by atoms with van der Waals surface area (Å²) in [5, 5.41) is 24.0. The molecule has 4 aliphatic heterocycles. The van der Waals surface area contributed by atoms with E-state index < -0.39 is 6.04 Å². The highest BCUT2D eigenvalue weighted by atomic mass is 32.1. The van der Waals surface area contributed by atoms with Crippen LogP contribution in [0, 0.1) is 5.92 Å². The fourth-order valence-electron chi connectivity index (χ4n) is 13.5. The standard InChI is InChI=1S/C69H90N10O10S/c1-5-63(81)76-30-32-77(33-31-76)65-57-25-29-78(61-43-51(80)42-50-16-9-10-17-53(50)61)45-58(57)72-69(74-65)89-47(2)44-75-27-23-52(24-28-75)87-40-38-85-36-34-84-35-37-86-39-41-88-62-22-21-55(54-18-11-12-19-56(54)62)59-46-90-67(71-59)60-20-13-26-79(60)68(83)64(49-14-7-6-8-15-49)73-66(82)48(3)70-4/h5,9-12,16-19,21-22,42-43,46-49,52,60,64,70,80H,1,6-8,13-15,20,23-41,44-45H2,2-4H3,(H,73,82)/t47-,48+,60+,64+/m1/s1. The lowest BCUT2D eigenvalue weighted by Crippen LogP contribution is -2.55. The second-order valence-corrected chi connectivity index (χ2v) is 25.3. The molecular formula is C69H90N10O10S. The summed E-state index contributed by atoms with van der Waals surface area (Å²) in [6.07, 6.45) is 10.9. The molecule has 21 heteroatoms. The van der Waals surface area contributed by atoms with Crippen LogP contribution in [0.4, 0.5) is 11.5 Å². The van der Waals surface area contributed by atoms with Gasteiger partial charge in [0, 0.05) is 97.9 Å². The number of benzene rings is 4. The number of likely N-dealkylation sites (N-methyl/N-ethyl adjacent to an activating group) is 1. The molecule has 1 saturated carbocycles. The van der Waals surface area contributed by atoms with E-state index in [2.05, 4.69) is 68.5 Å². The maximum atomic E-state index is 14.4. The SMILES string of the molecule is C=CC(=O)N1CCN(c2nc(O[C@H](C)CN3CCC(OCCOCCOCCOCCOc4ccc(-c5csc([C@@H]6CCCN6C(=O)[C@@H](NC(=O)[C@H](C)NC)C6CCCCC6)n5)c5ccccc45)CC3)nc3c2CCN(c2cc(O)cc4ccccc24)C3)CC1. The van der Waals surface area contributed by atoms with Gasteiger partial charge >= 0.3 is 6.01 Å². The lowest BCUT2D eigenvalue weighted by molar-refractivity contribution is -0.139. The molecule has 0 spiro atoms. The van der Waals surface area contributed by atoms with Crippen molar-refractivity contribution in [2.75, 3.05) is 129 Å². The molecule has 3 N–H and O–H groups in total. The van der Waals surface area contributed by atoms with Crippen molar-refractivity contribution >= 4 is 62.1 Å². The Morgan fingerprint density at radius 3 is 2.20 bits per heavy atom. The van der Waals surface area contributed by atoms with E-state index in [0.29, 0.717) is 98.1 Å². The van der Waals surface area contributed by atoms with E-state index in [1.54, 1.807) is 24.5 Å². The Labute approximate surface area is 533 Å². The molecule has 0 bridgehead atoms. The molecule has 11 rings (SSSR count). The van der Waals surface area contributed by atoms with Crippen LogP contribution in [-0.4, -0.2) is 196 Å². The van der Waals surface area contributed by atoms with E-state index in [0.717, 1.165) is 150 Å². The minimum Gasteiger partial charge on any atom is -0.508 e. The Bertz CT molecular complexity index is 3380. The number of nitrogens with one attached hydrogen (secondary N) is 2. The number of aromatic nitrogens is 3. The van der Waals surface area contributed by atoms with Crippen LogP contribution in [0.3, 0.4) is 0 Å². The van der Waals surface area contributed by atoms with E-state index in [1.165, 1.54) is 12.5 Å². The van der Waals surface area contributed by atoms with E-state index in [1.807, 2.05) is 59.2 Å². The zero-order chi connectivity index (χ0) is 62.3. The number of carbonyl (C=O) groups excluding carboxylic acids is 3. The van der Waals surface area contributed by atoms with Crippen molar-refractivity contribution in [3.8, 4) is 28.8 Å². The van der Waals surface area contributed by atoms with Gasteiger partial charge in [0.05, 0.1) is 82.4 Å². The molecule has 90 heavy (non-hydrogen) atoms. The van der Waals surface area contributed by atoms with Crippen molar-refractivity contribution in [1.82, 2.24) is 40.3 Å². The molecule has 4 aromatic carbocycles. The number of rotatable bonds is 28. The molecule has 1 aliphatic carbocycles. The van der Waals surface area contributed by atoms with Gasteiger partial charge in [-0.25, -0.2) is 4.98 Å². The number of ether oxygens (including phenoxy) is 6. The van der Waals surface area contributed by atoms with Gasteiger partial charge in [-0.1, -0.05) is 74.4 Å². The average molecular weight is 1250 g/mol. The van der Waals surface area contributed by atoms with Crippen LogP contribution in [0.1, 0.15) is 93.9 Å². The number of likely N-dealkylation sites (tertiary alicyclic amines) is 2. The smallest absolute Gasteiger partial charge is 0.318 e. The second kappa shape index (κ2) is 31.4. The molecule has 6 aromatic rings. The highest BCUT2D eigenvalue weighted by Crippen LogP contribution is 2.41. The number of thiazole rings is 1. The van der Waals surface area contributed by atoms with Gasteiger partial charge in [-0.2, -0.15) is 9.97 Å². The summed E-state index contributed by atoms with van der Waals surface area (Å²) in [6, 6.07) is 23.4. The maximum Gasteiger partial charge on any atom is 0.318 e. The number of carbonyl (C=O) groups is 3. The summed E-state index contributed by atoms with van der Waals surface area (Å²) >= 11 is 1.60. The second-order valence-electron chi connectivity index (χ2n) is 24.4. The summed E-state index contributed by atoms with van der Waals surface area (Å²) < 4.78 is 36.6. The van der Waals surface area contributed by atoms with Crippen molar-refractivity contribution in [2.24, 2.45) is 5.92 Å². The lowest BCUT2D eigenvalue weighted by atomic mass is 9.83. The van der Waals surface area contributed by atoms with Crippen LogP contribution in [0.15, 0.2) is 90.8 Å². The minimum atomic E-state index is -0.531. The number of piperidine rings is 1. The highest BCUT2D eigenvalue weighted by molar-refractivity contribution is 7.10. The molecule has 6 heterocycles. The normalized spacial score (nSPS) is 18.8. The van der Waals surface area contributed by atoms with Gasteiger partial charge in [-0.3, -0.25) is 19.3 Å². The number of hydrogen-bond acceptors (Lipinski definition) is 18. The van der Waals surface area contributed by atoms with Crippen molar-refractivity contribution in [3.05, 3.63) is 107 Å². The summed E-state index contributed by atoms with van der Waals surface area (Å²) in [6.45, 7) is 18.2. The number of hydrogen-bond donors (Lipinski definition) is 3. The van der Waals surface area contributed by atoms with Crippen LogP contribution in [0.2, 0.25) is 0 Å². The first-order valence-corrected chi connectivity index (χ1v) is 33.5. The largest absolute Gasteiger partial charge is 0.508 e. The summed E-state index contributed by atoms with van der Waals surface area (Å²) in [4.78, 5) is 66.0. The van der Waals surface area contributed by atoms with Gasteiger partial charge in [0.1, 0.15) is 41.1 Å². The average Bonchev–Trinajstić information content (AvgIpc) is 1.09. The van der Waals surface area contributed by atoms with Gasteiger partial charge in [0.15, 0.2) is 0 Å². The first kappa shape index (κ1) is 64.5. The number of phenolic OH excluding ortho intramolecular Hbond substituents is 1. The number of nitrogens with zero attached hydrogens (tertiary/aromatic N) is 8. The van der Waals surface area contributed by atoms with Crippen LogP contribution in [0.5, 0.6) is 17.5 Å². The molecule has 482 valence electrons. The summed E-state index contributed by atoms with van der Waals surface area (Å²) in [7, 11) is 1.77. The molecule has 0 radical (unpaired) electrons. The maximum absolute atomic E-state index is 14.4. The molecule has 2 aromatic heterocycles. The molecule has 5 aliphatic rings. The van der Waals surface area contributed by atoms with Crippen molar-refractivity contribution in [2.45, 2.75) is 115 Å². The minimum absolute atomic E-state index is 0.0161. The number of phenols is 1. The highest BCUT2D eigenvalue weighted by Gasteiger charge is 2.40. The quantitative estimate of drug-likeness (QED) is 0.0310. The first-order valence-electron chi connectivity index (χ1n) is 32.7. The molecule has 3 amide bonds. The zero-order valence-corrected chi connectivity index (χ0v) is 53.5. The van der Waals surface area contributed by atoms with E-state index in [4.69, 9.17) is 43.4 Å². The Hall–Kier alpha value is -6.98. The first-order chi connectivity index (χ1) is 44.0. The molecular weight excluding hydrogens is 1160 g/mol.